The minimum atomic E-state index is -4.65. The molecule has 3 aromatic rings. The maximum absolute atomic E-state index is 13.9. The van der Waals surface area contributed by atoms with Crippen LogP contribution in [0, 0.1) is 6.92 Å². The third-order valence-electron chi connectivity index (χ3n) is 6.77. The van der Waals surface area contributed by atoms with Crippen LogP contribution in [-0.4, -0.2) is 74.1 Å². The van der Waals surface area contributed by atoms with Gasteiger partial charge in [0.1, 0.15) is 6.54 Å². The summed E-state index contributed by atoms with van der Waals surface area (Å²) in [4.78, 5) is 30.2. The van der Waals surface area contributed by atoms with Gasteiger partial charge < -0.3 is 19.7 Å². The summed E-state index contributed by atoms with van der Waals surface area (Å²) in [6.45, 7) is 3.68. The van der Waals surface area contributed by atoms with Gasteiger partial charge in [0.25, 0.3) is 5.91 Å². The molecular weight excluding hydrogens is 533 g/mol. The van der Waals surface area contributed by atoms with Crippen LogP contribution in [0.1, 0.15) is 21.5 Å². The van der Waals surface area contributed by atoms with Crippen molar-refractivity contribution in [1.29, 1.82) is 0 Å². The predicted octanol–water partition coefficient (Wildman–Crippen LogP) is 3.91. The molecule has 1 fully saturated rings. The monoisotopic (exact) mass is 562 g/mol. The third-order valence-corrected chi connectivity index (χ3v) is 7.89. The van der Waals surface area contributed by atoms with Crippen LogP contribution < -0.4 is 5.32 Å². The summed E-state index contributed by atoms with van der Waals surface area (Å²) in [5.41, 5.74) is -0.190. The second-order valence-electron chi connectivity index (χ2n) is 9.62. The minimum Gasteiger partial charge on any atom is -0.339 e. The van der Waals surface area contributed by atoms with Crippen molar-refractivity contribution in [2.45, 2.75) is 24.5 Å². The summed E-state index contributed by atoms with van der Waals surface area (Å²) in [5.74, 6) is -0.858. The van der Waals surface area contributed by atoms with E-state index in [4.69, 9.17) is 0 Å². The molecule has 4 rings (SSSR count). The molecule has 0 bridgehead atoms. The molecule has 1 saturated heterocycles. The molecule has 1 N–H and O–H groups in total. The topological polar surface area (TPSA) is 91.7 Å². The number of carbonyl (C=O) groups is 2. The third kappa shape index (κ3) is 6.34. The molecule has 0 atom stereocenters. The van der Waals surface area contributed by atoms with Gasteiger partial charge in [-0.2, -0.15) is 13.2 Å². The first-order chi connectivity index (χ1) is 18.3. The molecule has 0 aliphatic carbocycles. The van der Waals surface area contributed by atoms with Crippen molar-refractivity contribution in [2.75, 3.05) is 44.8 Å². The molecule has 0 saturated carbocycles. The van der Waals surface area contributed by atoms with Gasteiger partial charge >= 0.3 is 6.18 Å². The highest BCUT2D eigenvalue weighted by atomic mass is 32.2. The quantitative estimate of drug-likeness (QED) is 0.492. The van der Waals surface area contributed by atoms with E-state index in [-0.39, 0.29) is 39.7 Å². The Balaban J connectivity index is 1.72. The molecule has 1 aliphatic rings. The number of halogens is 3. The Hall–Kier alpha value is -3.64. The summed E-state index contributed by atoms with van der Waals surface area (Å²) < 4.78 is 66.7. The first-order valence-electron chi connectivity index (χ1n) is 12.2. The molecule has 0 radical (unpaired) electrons. The number of piperazine rings is 1. The molecule has 2 amide bonds. The van der Waals surface area contributed by atoms with Crippen LogP contribution in [0.2, 0.25) is 0 Å². The van der Waals surface area contributed by atoms with E-state index in [9.17, 15) is 31.2 Å². The van der Waals surface area contributed by atoms with Crippen LogP contribution in [0.5, 0.6) is 0 Å². The van der Waals surface area contributed by atoms with E-state index in [0.717, 1.165) is 12.3 Å². The molecule has 208 valence electrons. The van der Waals surface area contributed by atoms with Crippen molar-refractivity contribution >= 4 is 27.3 Å². The maximum Gasteiger partial charge on any atom is 0.417 e. The molecule has 2 aromatic carbocycles. The number of benzene rings is 2. The van der Waals surface area contributed by atoms with Crippen LogP contribution in [-0.2, 0) is 27.4 Å². The van der Waals surface area contributed by atoms with Gasteiger partial charge in [0.2, 0.25) is 5.91 Å². The number of sulfone groups is 1. The van der Waals surface area contributed by atoms with Gasteiger partial charge in [0, 0.05) is 49.9 Å². The SMILES string of the molecule is Cc1c(C(=O)Nc2ccc(S(C)(=O)=O)cc2)cn(CC(=O)N2CCN(C)CC2)c1-c1ccccc1C(F)(F)F. The summed E-state index contributed by atoms with van der Waals surface area (Å²) in [5, 5.41) is 2.67. The fraction of sp³-hybridized carbons (Fsp3) is 0.333. The Bertz CT molecular complexity index is 1490. The van der Waals surface area contributed by atoms with E-state index in [2.05, 4.69) is 10.2 Å². The maximum atomic E-state index is 13.9. The second kappa shape index (κ2) is 10.9. The van der Waals surface area contributed by atoms with Crippen LogP contribution in [0.15, 0.2) is 59.6 Å². The smallest absolute Gasteiger partial charge is 0.339 e. The Morgan fingerprint density at radius 3 is 2.18 bits per heavy atom. The molecule has 0 spiro atoms. The second-order valence-corrected chi connectivity index (χ2v) is 11.6. The van der Waals surface area contributed by atoms with Crippen molar-refractivity contribution in [3.63, 3.8) is 0 Å². The number of anilines is 1. The number of hydrogen-bond donors (Lipinski definition) is 1. The predicted molar refractivity (Wildman–Crippen MR) is 141 cm³/mol. The van der Waals surface area contributed by atoms with Crippen molar-refractivity contribution in [1.82, 2.24) is 14.4 Å². The van der Waals surface area contributed by atoms with E-state index in [0.29, 0.717) is 31.9 Å². The first kappa shape index (κ1) is 28.4. The molecule has 1 aromatic heterocycles. The highest BCUT2D eigenvalue weighted by Gasteiger charge is 2.35. The fourth-order valence-corrected chi connectivity index (χ4v) is 5.22. The standard InChI is InChI=1S/C27H29F3N4O4S/c1-18-22(26(36)31-19-8-10-20(11-9-19)39(3,37)38)16-34(17-24(35)33-14-12-32(2)13-15-33)25(18)21-6-4-5-7-23(21)27(28,29)30/h4-11,16H,12-15,17H2,1-3H3,(H,31,36). The number of hydrogen-bond acceptors (Lipinski definition) is 5. The van der Waals surface area contributed by atoms with Gasteiger partial charge in [0.15, 0.2) is 9.84 Å². The molecular formula is C27H29F3N4O4S. The lowest BCUT2D eigenvalue weighted by atomic mass is 10.00. The molecule has 39 heavy (non-hydrogen) atoms. The van der Waals surface area contributed by atoms with Crippen LogP contribution >= 0.6 is 0 Å². The Labute approximate surface area is 224 Å². The highest BCUT2D eigenvalue weighted by molar-refractivity contribution is 7.90. The molecule has 0 unspecified atom stereocenters. The number of aromatic nitrogens is 1. The molecule has 12 heteroatoms. The van der Waals surface area contributed by atoms with E-state index in [1.165, 1.54) is 53.2 Å². The minimum absolute atomic E-state index is 0.0799. The number of amides is 2. The summed E-state index contributed by atoms with van der Waals surface area (Å²) in [6.07, 6.45) is -2.19. The van der Waals surface area contributed by atoms with Crippen LogP contribution in [0.25, 0.3) is 11.3 Å². The first-order valence-corrected chi connectivity index (χ1v) is 14.1. The van der Waals surface area contributed by atoms with Gasteiger partial charge in [0.05, 0.1) is 21.7 Å². The number of carbonyl (C=O) groups excluding carboxylic acids is 2. The van der Waals surface area contributed by atoms with E-state index in [1.807, 2.05) is 7.05 Å². The van der Waals surface area contributed by atoms with Gasteiger partial charge in [-0.15, -0.1) is 0 Å². The van der Waals surface area contributed by atoms with E-state index in [1.54, 1.807) is 11.8 Å². The Morgan fingerprint density at radius 1 is 0.974 bits per heavy atom. The summed E-state index contributed by atoms with van der Waals surface area (Å²) >= 11 is 0. The van der Waals surface area contributed by atoms with Gasteiger partial charge in [-0.3, -0.25) is 9.59 Å². The lowest BCUT2D eigenvalue weighted by Gasteiger charge is -2.32. The largest absolute Gasteiger partial charge is 0.417 e. The van der Waals surface area contributed by atoms with Gasteiger partial charge in [-0.1, -0.05) is 18.2 Å². The Kier molecular flexibility index (Phi) is 7.89. The zero-order chi connectivity index (χ0) is 28.5. The van der Waals surface area contributed by atoms with Crippen molar-refractivity contribution in [3.8, 4) is 11.3 Å². The number of nitrogens with one attached hydrogen (secondary N) is 1. The Morgan fingerprint density at radius 2 is 1.59 bits per heavy atom. The van der Waals surface area contributed by atoms with E-state index >= 15 is 0 Å². The number of rotatable bonds is 6. The normalized spacial score (nSPS) is 14.9. The van der Waals surface area contributed by atoms with E-state index < -0.39 is 27.5 Å². The zero-order valence-corrected chi connectivity index (χ0v) is 22.6. The van der Waals surface area contributed by atoms with Crippen molar-refractivity contribution in [3.05, 3.63) is 71.4 Å². The molecule has 8 nitrogen and oxygen atoms in total. The van der Waals surface area contributed by atoms with Gasteiger partial charge in [-0.25, -0.2) is 8.42 Å². The zero-order valence-electron chi connectivity index (χ0n) is 21.7. The highest BCUT2D eigenvalue weighted by Crippen LogP contribution is 2.39. The lowest BCUT2D eigenvalue weighted by molar-refractivity contribution is -0.137. The average Bonchev–Trinajstić information content (AvgIpc) is 3.19. The van der Waals surface area contributed by atoms with Crippen LogP contribution in [0.3, 0.4) is 0 Å². The number of nitrogens with zero attached hydrogens (tertiary/aromatic N) is 3. The summed E-state index contributed by atoms with van der Waals surface area (Å²) in [6, 6.07) is 10.6. The van der Waals surface area contributed by atoms with Crippen molar-refractivity contribution < 1.29 is 31.2 Å². The van der Waals surface area contributed by atoms with Crippen molar-refractivity contribution in [2.24, 2.45) is 0 Å². The average molecular weight is 563 g/mol. The fourth-order valence-electron chi connectivity index (χ4n) is 4.59. The molecule has 1 aliphatic heterocycles. The lowest BCUT2D eigenvalue weighted by Crippen LogP contribution is -2.48. The van der Waals surface area contributed by atoms with Gasteiger partial charge in [-0.05, 0) is 49.9 Å². The summed E-state index contributed by atoms with van der Waals surface area (Å²) in [7, 11) is -1.48. The molecule has 2 heterocycles. The number of alkyl halides is 3. The van der Waals surface area contributed by atoms with Crippen LogP contribution in [0.4, 0.5) is 18.9 Å². The number of likely N-dealkylation sites (N-methyl/N-ethyl adjacent to an activating group) is 1.